The quantitative estimate of drug-likeness (QED) is 0.934. The number of hydrogen-bond donors (Lipinski definition) is 1. The lowest BCUT2D eigenvalue weighted by Crippen LogP contribution is -2.43. The van der Waals surface area contributed by atoms with Gasteiger partial charge in [0.2, 0.25) is 0 Å². The highest BCUT2D eigenvalue weighted by Crippen LogP contribution is 2.24. The van der Waals surface area contributed by atoms with Gasteiger partial charge in [0.15, 0.2) is 5.65 Å². The summed E-state index contributed by atoms with van der Waals surface area (Å²) >= 11 is 3.40. The van der Waals surface area contributed by atoms with Crippen LogP contribution in [0.5, 0.6) is 0 Å². The molecule has 1 aliphatic heterocycles. The third kappa shape index (κ3) is 3.02. The molecule has 0 bridgehead atoms. The van der Waals surface area contributed by atoms with Crippen LogP contribution in [0.3, 0.4) is 0 Å². The summed E-state index contributed by atoms with van der Waals surface area (Å²) in [5.41, 5.74) is 1.99. The summed E-state index contributed by atoms with van der Waals surface area (Å²) in [7, 11) is 0. The number of fused-ring (bicyclic) bond motifs is 1. The number of nitrogens with zero attached hydrogens (tertiary/aromatic N) is 3. The molecular weight excluding hydrogens is 320 g/mol. The molecule has 108 valence electrons. The van der Waals surface area contributed by atoms with Gasteiger partial charge in [-0.3, -0.25) is 4.40 Å². The largest absolute Gasteiger partial charge is 0.375 e. The Morgan fingerprint density at radius 1 is 1.45 bits per heavy atom. The molecule has 0 radical (unpaired) electrons. The molecule has 3 heterocycles. The van der Waals surface area contributed by atoms with Crippen LogP contribution >= 0.6 is 15.9 Å². The first-order valence-electron chi connectivity index (χ1n) is 6.88. The summed E-state index contributed by atoms with van der Waals surface area (Å²) < 4.78 is 8.63. The molecule has 5 nitrogen and oxygen atoms in total. The zero-order chi connectivity index (χ0) is 14.2. The Morgan fingerprint density at radius 2 is 2.30 bits per heavy atom. The highest BCUT2D eigenvalue weighted by molar-refractivity contribution is 9.10. The van der Waals surface area contributed by atoms with Crippen molar-refractivity contribution in [2.24, 2.45) is 0 Å². The third-order valence-corrected chi connectivity index (χ3v) is 4.12. The maximum Gasteiger partial charge on any atom is 0.155 e. The lowest BCUT2D eigenvalue weighted by molar-refractivity contribution is -0.0631. The van der Waals surface area contributed by atoms with Gasteiger partial charge in [0.1, 0.15) is 4.60 Å². The molecule has 1 N–H and O–H groups in total. The van der Waals surface area contributed by atoms with Crippen LogP contribution in [0, 0.1) is 0 Å². The smallest absolute Gasteiger partial charge is 0.155 e. The van der Waals surface area contributed by atoms with Crippen LogP contribution in [0.4, 0.5) is 0 Å². The summed E-state index contributed by atoms with van der Waals surface area (Å²) in [6.45, 7) is 5.93. The topological polar surface area (TPSA) is 51.5 Å². The van der Waals surface area contributed by atoms with Gasteiger partial charge in [-0.25, -0.2) is 9.97 Å². The van der Waals surface area contributed by atoms with Crippen LogP contribution < -0.4 is 5.32 Å². The first kappa shape index (κ1) is 14.0. The summed E-state index contributed by atoms with van der Waals surface area (Å²) in [6, 6.07) is 0.495. The predicted molar refractivity (Wildman–Crippen MR) is 80.6 cm³/mol. The van der Waals surface area contributed by atoms with Crippen LogP contribution in [0.25, 0.3) is 5.65 Å². The molecule has 0 spiro atoms. The second-order valence-corrected chi connectivity index (χ2v) is 6.68. The Balaban J connectivity index is 1.69. The molecule has 6 heteroatoms. The van der Waals surface area contributed by atoms with Gasteiger partial charge in [0, 0.05) is 25.4 Å². The molecule has 3 rings (SSSR count). The van der Waals surface area contributed by atoms with Crippen molar-refractivity contribution in [2.75, 3.05) is 6.61 Å². The number of imidazole rings is 1. The number of aromatic nitrogens is 3. The van der Waals surface area contributed by atoms with E-state index in [0.29, 0.717) is 6.04 Å². The first-order valence-corrected chi connectivity index (χ1v) is 7.68. The number of ether oxygens (including phenoxy) is 1. The lowest BCUT2D eigenvalue weighted by atomic mass is 9.94. The van der Waals surface area contributed by atoms with E-state index in [-0.39, 0.29) is 5.60 Å². The number of rotatable bonds is 3. The SMILES string of the molecule is CC1(C)CC(NCc2cnc3cnc(Br)cn23)CCO1. The van der Waals surface area contributed by atoms with Crippen LogP contribution in [-0.4, -0.2) is 32.6 Å². The first-order chi connectivity index (χ1) is 9.53. The predicted octanol–water partition coefficient (Wildman–Crippen LogP) is 2.54. The minimum absolute atomic E-state index is 0.0254. The van der Waals surface area contributed by atoms with E-state index in [2.05, 4.69) is 49.5 Å². The fraction of sp³-hybridized carbons (Fsp3) is 0.571. The van der Waals surface area contributed by atoms with Crippen molar-refractivity contribution in [2.45, 2.75) is 44.9 Å². The average Bonchev–Trinajstić information content (AvgIpc) is 2.77. The Hall–Kier alpha value is -0.980. The zero-order valence-corrected chi connectivity index (χ0v) is 13.4. The van der Waals surface area contributed by atoms with Crippen molar-refractivity contribution < 1.29 is 4.74 Å². The fourth-order valence-electron chi connectivity index (χ4n) is 2.70. The minimum Gasteiger partial charge on any atom is -0.375 e. The minimum atomic E-state index is -0.0254. The normalized spacial score (nSPS) is 22.2. The molecule has 1 saturated heterocycles. The van der Waals surface area contributed by atoms with Crippen LogP contribution in [0.1, 0.15) is 32.4 Å². The van der Waals surface area contributed by atoms with E-state index in [1.54, 1.807) is 6.20 Å². The highest BCUT2D eigenvalue weighted by atomic mass is 79.9. The van der Waals surface area contributed by atoms with Crippen LogP contribution in [-0.2, 0) is 11.3 Å². The van der Waals surface area contributed by atoms with Gasteiger partial charge in [0.25, 0.3) is 0 Å². The Kier molecular flexibility index (Phi) is 3.79. The van der Waals surface area contributed by atoms with Gasteiger partial charge >= 0.3 is 0 Å². The summed E-state index contributed by atoms with van der Waals surface area (Å²) in [5, 5.41) is 3.61. The molecule has 1 aliphatic rings. The van der Waals surface area contributed by atoms with Crippen molar-refractivity contribution in [3.05, 3.63) is 28.9 Å². The lowest BCUT2D eigenvalue weighted by Gasteiger charge is -2.35. The van der Waals surface area contributed by atoms with Crippen LogP contribution in [0.15, 0.2) is 23.2 Å². The molecule has 1 unspecified atom stereocenters. The monoisotopic (exact) mass is 338 g/mol. The highest BCUT2D eigenvalue weighted by Gasteiger charge is 2.28. The van der Waals surface area contributed by atoms with E-state index in [1.807, 2.05) is 12.4 Å². The van der Waals surface area contributed by atoms with E-state index in [9.17, 15) is 0 Å². The molecular formula is C14H19BrN4O. The van der Waals surface area contributed by atoms with Gasteiger partial charge in [-0.2, -0.15) is 0 Å². The second-order valence-electron chi connectivity index (χ2n) is 5.87. The molecule has 1 atom stereocenters. The molecule has 0 saturated carbocycles. The Bertz CT molecular complexity index is 610. The molecule has 0 amide bonds. The van der Waals surface area contributed by atoms with Crippen molar-refractivity contribution in [1.29, 1.82) is 0 Å². The second kappa shape index (κ2) is 5.42. The maximum atomic E-state index is 5.75. The van der Waals surface area contributed by atoms with E-state index >= 15 is 0 Å². The van der Waals surface area contributed by atoms with Crippen LogP contribution in [0.2, 0.25) is 0 Å². The molecule has 0 aromatic carbocycles. The van der Waals surface area contributed by atoms with E-state index in [1.165, 1.54) is 0 Å². The van der Waals surface area contributed by atoms with E-state index < -0.39 is 0 Å². The average molecular weight is 339 g/mol. The number of hydrogen-bond acceptors (Lipinski definition) is 4. The maximum absolute atomic E-state index is 5.75. The van der Waals surface area contributed by atoms with Crippen molar-refractivity contribution in [3.63, 3.8) is 0 Å². The summed E-state index contributed by atoms with van der Waals surface area (Å²) in [4.78, 5) is 8.55. The van der Waals surface area contributed by atoms with Gasteiger partial charge in [-0.05, 0) is 42.6 Å². The van der Waals surface area contributed by atoms with Gasteiger partial charge in [0.05, 0.1) is 23.7 Å². The summed E-state index contributed by atoms with van der Waals surface area (Å²) in [6.07, 6.45) is 7.72. The number of nitrogens with one attached hydrogen (secondary N) is 1. The zero-order valence-electron chi connectivity index (χ0n) is 11.8. The molecule has 1 fully saturated rings. The van der Waals surface area contributed by atoms with Crippen molar-refractivity contribution >= 4 is 21.6 Å². The van der Waals surface area contributed by atoms with E-state index in [4.69, 9.17) is 4.74 Å². The number of halogens is 1. The Labute approximate surface area is 126 Å². The Morgan fingerprint density at radius 3 is 3.10 bits per heavy atom. The standard InChI is InChI=1S/C14H19BrN4O/c1-14(2)5-10(3-4-20-14)16-6-11-7-18-13-8-17-12(15)9-19(11)13/h7-10,16H,3-6H2,1-2H3. The van der Waals surface area contributed by atoms with Gasteiger partial charge in [-0.15, -0.1) is 0 Å². The molecule has 0 aliphatic carbocycles. The fourth-order valence-corrected chi connectivity index (χ4v) is 3.01. The third-order valence-electron chi connectivity index (χ3n) is 3.71. The summed E-state index contributed by atoms with van der Waals surface area (Å²) in [5.74, 6) is 0. The van der Waals surface area contributed by atoms with Crippen molar-refractivity contribution in [1.82, 2.24) is 19.7 Å². The molecule has 20 heavy (non-hydrogen) atoms. The van der Waals surface area contributed by atoms with E-state index in [0.717, 1.165) is 41.9 Å². The van der Waals surface area contributed by atoms with Crippen molar-refractivity contribution in [3.8, 4) is 0 Å². The van der Waals surface area contributed by atoms with Gasteiger partial charge in [-0.1, -0.05) is 0 Å². The van der Waals surface area contributed by atoms with Gasteiger partial charge < -0.3 is 10.1 Å². The molecule has 2 aromatic rings. The molecule has 2 aromatic heterocycles.